The first-order valence-corrected chi connectivity index (χ1v) is 8.12. The van der Waals surface area contributed by atoms with E-state index >= 15 is 0 Å². The van der Waals surface area contributed by atoms with Crippen LogP contribution >= 0.6 is 11.3 Å². The molecule has 0 aliphatic carbocycles. The summed E-state index contributed by atoms with van der Waals surface area (Å²) in [7, 11) is 0. The van der Waals surface area contributed by atoms with Gasteiger partial charge in [0.15, 0.2) is 0 Å². The second kappa shape index (κ2) is 7.16. The van der Waals surface area contributed by atoms with Crippen LogP contribution in [0.2, 0.25) is 0 Å². The SMILES string of the molecule is CCOCC(NC(C)c1nc2ccccc2s1)C(C)C. The minimum atomic E-state index is 0.250. The van der Waals surface area contributed by atoms with E-state index in [4.69, 9.17) is 9.72 Å². The molecule has 2 rings (SSSR count). The van der Waals surface area contributed by atoms with Crippen LogP contribution in [0.15, 0.2) is 24.3 Å². The van der Waals surface area contributed by atoms with Gasteiger partial charge in [-0.1, -0.05) is 26.0 Å². The van der Waals surface area contributed by atoms with E-state index in [0.29, 0.717) is 12.0 Å². The molecule has 0 saturated heterocycles. The third-order valence-electron chi connectivity index (χ3n) is 3.45. The molecule has 4 heteroatoms. The maximum absolute atomic E-state index is 5.57. The number of thiazole rings is 1. The molecule has 0 amide bonds. The minimum absolute atomic E-state index is 0.250. The summed E-state index contributed by atoms with van der Waals surface area (Å²) in [6.45, 7) is 10.2. The van der Waals surface area contributed by atoms with Gasteiger partial charge in [-0.15, -0.1) is 11.3 Å². The normalized spacial score (nSPS) is 14.8. The second-order valence-electron chi connectivity index (χ2n) is 5.42. The van der Waals surface area contributed by atoms with Gasteiger partial charge in [-0.3, -0.25) is 0 Å². The standard InChI is InChI=1S/C16H24N2OS/c1-5-19-10-14(11(2)3)17-12(4)16-18-13-8-6-7-9-15(13)20-16/h6-9,11-12,14,17H,5,10H2,1-4H3. The molecule has 110 valence electrons. The van der Waals surface area contributed by atoms with Crippen LogP contribution in [0.3, 0.4) is 0 Å². The Morgan fingerprint density at radius 2 is 2.00 bits per heavy atom. The molecule has 0 bridgehead atoms. The topological polar surface area (TPSA) is 34.1 Å². The highest BCUT2D eigenvalue weighted by atomic mass is 32.1. The fourth-order valence-electron chi connectivity index (χ4n) is 2.15. The summed E-state index contributed by atoms with van der Waals surface area (Å²) in [4.78, 5) is 4.72. The molecule has 0 radical (unpaired) electrons. The van der Waals surface area contributed by atoms with Crippen molar-refractivity contribution in [3.8, 4) is 0 Å². The average molecular weight is 292 g/mol. The smallest absolute Gasteiger partial charge is 0.111 e. The molecule has 1 N–H and O–H groups in total. The molecular formula is C16H24N2OS. The number of benzene rings is 1. The molecule has 1 aromatic heterocycles. The van der Waals surface area contributed by atoms with Crippen LogP contribution < -0.4 is 5.32 Å². The van der Waals surface area contributed by atoms with Gasteiger partial charge < -0.3 is 10.1 Å². The van der Waals surface area contributed by atoms with Gasteiger partial charge in [0, 0.05) is 12.6 Å². The summed E-state index contributed by atoms with van der Waals surface area (Å²) >= 11 is 1.77. The monoisotopic (exact) mass is 292 g/mol. The molecule has 3 nitrogen and oxygen atoms in total. The molecule has 0 saturated carbocycles. The Morgan fingerprint density at radius 3 is 2.65 bits per heavy atom. The first kappa shape index (κ1) is 15.4. The van der Waals surface area contributed by atoms with E-state index < -0.39 is 0 Å². The van der Waals surface area contributed by atoms with Crippen LogP contribution in [0.1, 0.15) is 38.7 Å². The summed E-state index contributed by atoms with van der Waals surface area (Å²) < 4.78 is 6.83. The van der Waals surface area contributed by atoms with Crippen molar-refractivity contribution in [3.63, 3.8) is 0 Å². The lowest BCUT2D eigenvalue weighted by Crippen LogP contribution is -2.39. The first-order valence-electron chi connectivity index (χ1n) is 7.31. The number of fused-ring (bicyclic) bond motifs is 1. The van der Waals surface area contributed by atoms with Crippen LogP contribution in [-0.4, -0.2) is 24.2 Å². The van der Waals surface area contributed by atoms with Crippen LogP contribution in [-0.2, 0) is 4.74 Å². The highest BCUT2D eigenvalue weighted by molar-refractivity contribution is 7.18. The molecule has 1 aromatic carbocycles. The predicted molar refractivity (Wildman–Crippen MR) is 86.3 cm³/mol. The van der Waals surface area contributed by atoms with Gasteiger partial charge in [0.1, 0.15) is 5.01 Å². The molecule has 2 aromatic rings. The highest BCUT2D eigenvalue weighted by Crippen LogP contribution is 2.26. The summed E-state index contributed by atoms with van der Waals surface area (Å²) in [5, 5.41) is 4.80. The van der Waals surface area contributed by atoms with Crippen molar-refractivity contribution in [1.82, 2.24) is 10.3 Å². The van der Waals surface area contributed by atoms with Gasteiger partial charge in [0.05, 0.1) is 22.9 Å². The lowest BCUT2D eigenvalue weighted by molar-refractivity contribution is 0.104. The predicted octanol–water partition coefficient (Wildman–Crippen LogP) is 4.01. The molecule has 0 aliphatic rings. The van der Waals surface area contributed by atoms with Crippen molar-refractivity contribution in [3.05, 3.63) is 29.3 Å². The van der Waals surface area contributed by atoms with Crippen molar-refractivity contribution < 1.29 is 4.74 Å². The Bertz CT molecular complexity index is 505. The molecule has 20 heavy (non-hydrogen) atoms. The third-order valence-corrected chi connectivity index (χ3v) is 4.67. The zero-order chi connectivity index (χ0) is 14.5. The maximum atomic E-state index is 5.57. The first-order chi connectivity index (χ1) is 9.61. The van der Waals surface area contributed by atoms with Crippen LogP contribution in [0, 0.1) is 5.92 Å². The van der Waals surface area contributed by atoms with Gasteiger partial charge >= 0.3 is 0 Å². The number of nitrogens with zero attached hydrogens (tertiary/aromatic N) is 1. The summed E-state index contributed by atoms with van der Waals surface area (Å²) in [6.07, 6.45) is 0. The maximum Gasteiger partial charge on any atom is 0.111 e. The Morgan fingerprint density at radius 1 is 1.25 bits per heavy atom. The van der Waals surface area contributed by atoms with Crippen molar-refractivity contribution in [2.45, 2.75) is 39.8 Å². The van der Waals surface area contributed by atoms with Crippen LogP contribution in [0.25, 0.3) is 10.2 Å². The molecule has 0 aliphatic heterocycles. The minimum Gasteiger partial charge on any atom is -0.380 e. The van der Waals surface area contributed by atoms with E-state index in [1.807, 2.05) is 13.0 Å². The largest absolute Gasteiger partial charge is 0.380 e. The molecule has 0 spiro atoms. The van der Waals surface area contributed by atoms with Crippen LogP contribution in [0.5, 0.6) is 0 Å². The molecule has 2 unspecified atom stereocenters. The van der Waals surface area contributed by atoms with E-state index in [0.717, 1.165) is 23.7 Å². The summed E-state index contributed by atoms with van der Waals surface area (Å²) in [6, 6.07) is 8.91. The third kappa shape index (κ3) is 3.78. The van der Waals surface area contributed by atoms with Gasteiger partial charge in [0.25, 0.3) is 0 Å². The highest BCUT2D eigenvalue weighted by Gasteiger charge is 2.19. The lowest BCUT2D eigenvalue weighted by atomic mass is 10.0. The Kier molecular flexibility index (Phi) is 5.52. The number of hydrogen-bond acceptors (Lipinski definition) is 4. The number of ether oxygens (including phenoxy) is 1. The number of nitrogens with one attached hydrogen (secondary N) is 1. The van der Waals surface area contributed by atoms with E-state index in [-0.39, 0.29) is 6.04 Å². The average Bonchev–Trinajstić information content (AvgIpc) is 2.86. The van der Waals surface area contributed by atoms with Crippen molar-refractivity contribution in [2.24, 2.45) is 5.92 Å². The van der Waals surface area contributed by atoms with Gasteiger partial charge in [-0.2, -0.15) is 0 Å². The van der Waals surface area contributed by atoms with Gasteiger partial charge in [0.2, 0.25) is 0 Å². The number of para-hydroxylation sites is 1. The second-order valence-corrected chi connectivity index (χ2v) is 6.48. The lowest BCUT2D eigenvalue weighted by Gasteiger charge is -2.25. The van der Waals surface area contributed by atoms with E-state index in [1.54, 1.807) is 11.3 Å². The van der Waals surface area contributed by atoms with E-state index in [9.17, 15) is 0 Å². The Labute approximate surface area is 125 Å². The number of aromatic nitrogens is 1. The zero-order valence-corrected chi connectivity index (χ0v) is 13.5. The molecule has 2 atom stereocenters. The quantitative estimate of drug-likeness (QED) is 0.837. The zero-order valence-electron chi connectivity index (χ0n) is 12.7. The fourth-order valence-corrected chi connectivity index (χ4v) is 3.12. The molecule has 0 fully saturated rings. The number of rotatable bonds is 7. The van der Waals surface area contributed by atoms with Crippen molar-refractivity contribution in [1.29, 1.82) is 0 Å². The Hall–Kier alpha value is -0.970. The van der Waals surface area contributed by atoms with Crippen LogP contribution in [0.4, 0.5) is 0 Å². The fraction of sp³-hybridized carbons (Fsp3) is 0.562. The Balaban J connectivity index is 2.07. The summed E-state index contributed by atoms with van der Waals surface area (Å²) in [5.41, 5.74) is 1.09. The van der Waals surface area contributed by atoms with Gasteiger partial charge in [-0.25, -0.2) is 4.98 Å². The van der Waals surface area contributed by atoms with Gasteiger partial charge in [-0.05, 0) is 31.9 Å². The van der Waals surface area contributed by atoms with Crippen molar-refractivity contribution in [2.75, 3.05) is 13.2 Å². The molecule has 1 heterocycles. The van der Waals surface area contributed by atoms with E-state index in [1.165, 1.54) is 4.70 Å². The summed E-state index contributed by atoms with van der Waals surface area (Å²) in [5.74, 6) is 0.540. The van der Waals surface area contributed by atoms with Crippen molar-refractivity contribution >= 4 is 21.6 Å². The molecular weight excluding hydrogens is 268 g/mol. The number of hydrogen-bond donors (Lipinski definition) is 1. The van der Waals surface area contributed by atoms with E-state index in [2.05, 4.69) is 44.3 Å².